The fourth-order valence-corrected chi connectivity index (χ4v) is 1.84. The van der Waals surface area contributed by atoms with Crippen molar-refractivity contribution in [1.29, 1.82) is 0 Å². The number of aliphatic hydroxyl groups is 3. The van der Waals surface area contributed by atoms with E-state index in [2.05, 4.69) is 20.6 Å². The van der Waals surface area contributed by atoms with Crippen LogP contribution in [-0.4, -0.2) is 63.5 Å². The van der Waals surface area contributed by atoms with E-state index in [1.807, 2.05) is 0 Å². The third kappa shape index (κ3) is 1.97. The molecule has 1 amide bonds. The number of nitrogens with zero attached hydrogens (tertiary/aromatic N) is 2. The molecule has 9 heteroatoms. The number of hydrogen-bond acceptors (Lipinski definition) is 8. The zero-order valence-corrected chi connectivity index (χ0v) is 9.66. The first-order valence-corrected chi connectivity index (χ1v) is 5.41. The van der Waals surface area contributed by atoms with E-state index in [0.717, 1.165) is 0 Å². The highest BCUT2D eigenvalue weighted by molar-refractivity contribution is 6.21. The van der Waals surface area contributed by atoms with Crippen LogP contribution in [0, 0.1) is 0 Å². The third-order valence-corrected chi connectivity index (χ3v) is 2.86. The van der Waals surface area contributed by atoms with Crippen molar-refractivity contribution >= 4 is 17.7 Å². The fourth-order valence-electron chi connectivity index (χ4n) is 1.84. The average Bonchev–Trinajstić information content (AvgIpc) is 2.29. The van der Waals surface area contributed by atoms with Gasteiger partial charge >= 0.3 is 0 Å². The lowest BCUT2D eigenvalue weighted by atomic mass is 10.00. The Morgan fingerprint density at radius 2 is 2.22 bits per heavy atom. The van der Waals surface area contributed by atoms with E-state index in [1.54, 1.807) is 0 Å². The maximum atomic E-state index is 11.7. The second kappa shape index (κ2) is 4.28. The summed E-state index contributed by atoms with van der Waals surface area (Å²) in [6.07, 6.45) is -2.20. The topological polar surface area (TPSA) is 153 Å². The minimum Gasteiger partial charge on any atom is -0.391 e. The molecule has 7 N–H and O–H groups in total. The number of amides is 1. The molecule has 0 unspecified atom stereocenters. The Kier molecular flexibility index (Phi) is 3.07. The molecule has 0 bridgehead atoms. The highest BCUT2D eigenvalue weighted by atomic mass is 16.3. The molecule has 0 aromatic heterocycles. The largest absolute Gasteiger partial charge is 0.391 e. The summed E-state index contributed by atoms with van der Waals surface area (Å²) in [6, 6.07) is -0.765. The van der Waals surface area contributed by atoms with Crippen LogP contribution in [0.3, 0.4) is 0 Å². The van der Waals surface area contributed by atoms with Crippen molar-refractivity contribution in [3.05, 3.63) is 0 Å². The minimum absolute atomic E-state index is 0.0633. The van der Waals surface area contributed by atoms with Gasteiger partial charge in [-0.2, -0.15) is 4.99 Å². The van der Waals surface area contributed by atoms with Gasteiger partial charge < -0.3 is 21.1 Å². The predicted molar refractivity (Wildman–Crippen MR) is 61.6 cm³/mol. The third-order valence-electron chi connectivity index (χ3n) is 2.86. The summed E-state index contributed by atoms with van der Waals surface area (Å²) in [5.74, 6) is -1.13. The van der Waals surface area contributed by atoms with Gasteiger partial charge in [-0.05, 0) is 6.92 Å². The Labute approximate surface area is 102 Å². The SMILES string of the molecule is C[C@H](O)[C@H](O)[C@H]1CN=C2N=C(N)NC(=O)[C@]2(O)N1. The number of carbonyl (C=O) groups excluding carboxylic acids is 1. The summed E-state index contributed by atoms with van der Waals surface area (Å²) in [4.78, 5) is 19.3. The molecule has 2 rings (SSSR count). The summed E-state index contributed by atoms with van der Waals surface area (Å²) in [7, 11) is 0. The van der Waals surface area contributed by atoms with E-state index < -0.39 is 29.9 Å². The van der Waals surface area contributed by atoms with Crippen LogP contribution in [-0.2, 0) is 4.79 Å². The van der Waals surface area contributed by atoms with E-state index in [1.165, 1.54) is 6.92 Å². The normalized spacial score (nSPS) is 34.9. The Hall–Kier alpha value is -1.55. The molecule has 0 aromatic carbocycles. The van der Waals surface area contributed by atoms with Crippen LogP contribution in [0.5, 0.6) is 0 Å². The van der Waals surface area contributed by atoms with Gasteiger partial charge in [0.05, 0.1) is 24.8 Å². The lowest BCUT2D eigenvalue weighted by molar-refractivity contribution is -0.137. The van der Waals surface area contributed by atoms with Gasteiger partial charge in [0, 0.05) is 0 Å². The molecule has 0 spiro atoms. The second-order valence-corrected chi connectivity index (χ2v) is 4.31. The van der Waals surface area contributed by atoms with Crippen molar-refractivity contribution in [2.45, 2.75) is 30.9 Å². The monoisotopic (exact) mass is 257 g/mol. The van der Waals surface area contributed by atoms with E-state index in [9.17, 15) is 20.1 Å². The quantitative estimate of drug-likeness (QED) is 0.298. The summed E-state index contributed by atoms with van der Waals surface area (Å²) < 4.78 is 0. The van der Waals surface area contributed by atoms with Gasteiger partial charge in [-0.15, -0.1) is 0 Å². The summed E-state index contributed by atoms with van der Waals surface area (Å²) in [6.45, 7) is 1.46. The van der Waals surface area contributed by atoms with Gasteiger partial charge in [-0.25, -0.2) is 0 Å². The average molecular weight is 257 g/mol. The highest BCUT2D eigenvalue weighted by Gasteiger charge is 2.50. The number of carbonyl (C=O) groups is 1. The van der Waals surface area contributed by atoms with Gasteiger partial charge in [-0.3, -0.25) is 20.4 Å². The predicted octanol–water partition coefficient (Wildman–Crippen LogP) is -3.77. The number of nitrogens with one attached hydrogen (secondary N) is 2. The molecule has 2 aliphatic heterocycles. The maximum Gasteiger partial charge on any atom is 0.282 e. The van der Waals surface area contributed by atoms with E-state index in [-0.39, 0.29) is 18.3 Å². The second-order valence-electron chi connectivity index (χ2n) is 4.31. The van der Waals surface area contributed by atoms with Crippen LogP contribution in [0.25, 0.3) is 0 Å². The van der Waals surface area contributed by atoms with E-state index in [4.69, 9.17) is 5.73 Å². The molecule has 9 nitrogen and oxygen atoms in total. The van der Waals surface area contributed by atoms with Crippen molar-refractivity contribution in [3.63, 3.8) is 0 Å². The first kappa shape index (κ1) is 12.9. The molecular formula is C9H15N5O4. The molecule has 2 aliphatic rings. The van der Waals surface area contributed by atoms with Crippen molar-refractivity contribution in [2.75, 3.05) is 6.54 Å². The van der Waals surface area contributed by atoms with E-state index in [0.29, 0.717) is 0 Å². The molecule has 0 aromatic rings. The Morgan fingerprint density at radius 1 is 1.56 bits per heavy atom. The molecule has 4 atom stereocenters. The number of nitrogens with two attached hydrogens (primary N) is 1. The van der Waals surface area contributed by atoms with Crippen LogP contribution in [0.2, 0.25) is 0 Å². The van der Waals surface area contributed by atoms with Gasteiger partial charge in [0.25, 0.3) is 11.6 Å². The molecule has 0 saturated heterocycles. The molecule has 0 aliphatic carbocycles. The lowest BCUT2D eigenvalue weighted by Gasteiger charge is -2.38. The van der Waals surface area contributed by atoms with Crippen molar-refractivity contribution in [3.8, 4) is 0 Å². The fraction of sp³-hybridized carbons (Fsp3) is 0.667. The van der Waals surface area contributed by atoms with Gasteiger partial charge in [0.2, 0.25) is 5.96 Å². The lowest BCUT2D eigenvalue weighted by Crippen LogP contribution is -2.72. The Bertz CT molecular complexity index is 435. The summed E-state index contributed by atoms with van der Waals surface area (Å²) in [5.41, 5.74) is 3.21. The number of amidine groups is 1. The van der Waals surface area contributed by atoms with Gasteiger partial charge in [-0.1, -0.05) is 0 Å². The Morgan fingerprint density at radius 3 is 2.83 bits per heavy atom. The van der Waals surface area contributed by atoms with Crippen LogP contribution >= 0.6 is 0 Å². The molecule has 2 heterocycles. The number of rotatable bonds is 2. The van der Waals surface area contributed by atoms with Crippen molar-refractivity contribution in [1.82, 2.24) is 10.6 Å². The smallest absolute Gasteiger partial charge is 0.282 e. The van der Waals surface area contributed by atoms with Crippen LogP contribution in [0.1, 0.15) is 6.92 Å². The number of guanidine groups is 1. The number of fused-ring (bicyclic) bond motifs is 1. The van der Waals surface area contributed by atoms with Gasteiger partial charge in [0.15, 0.2) is 5.84 Å². The maximum absolute atomic E-state index is 11.7. The van der Waals surface area contributed by atoms with E-state index >= 15 is 0 Å². The van der Waals surface area contributed by atoms with Crippen LogP contribution in [0.15, 0.2) is 9.98 Å². The minimum atomic E-state index is -2.14. The number of hydrogen-bond donors (Lipinski definition) is 6. The summed E-state index contributed by atoms with van der Waals surface area (Å²) in [5, 5.41) is 33.9. The van der Waals surface area contributed by atoms with Crippen molar-refractivity contribution in [2.24, 2.45) is 15.7 Å². The van der Waals surface area contributed by atoms with Crippen LogP contribution < -0.4 is 16.4 Å². The van der Waals surface area contributed by atoms with Crippen molar-refractivity contribution < 1.29 is 20.1 Å². The van der Waals surface area contributed by atoms with Crippen LogP contribution in [0.4, 0.5) is 0 Å². The van der Waals surface area contributed by atoms with Gasteiger partial charge in [0.1, 0.15) is 0 Å². The zero-order chi connectivity index (χ0) is 13.5. The Balaban J connectivity index is 2.29. The molecule has 18 heavy (non-hydrogen) atoms. The highest BCUT2D eigenvalue weighted by Crippen LogP contribution is 2.17. The number of aliphatic hydroxyl groups excluding tert-OH is 2. The first-order chi connectivity index (χ1) is 8.34. The first-order valence-electron chi connectivity index (χ1n) is 5.41. The zero-order valence-electron chi connectivity index (χ0n) is 9.66. The summed E-state index contributed by atoms with van der Waals surface area (Å²) >= 11 is 0. The molecule has 0 fully saturated rings. The molecule has 0 saturated carbocycles. The molecule has 0 radical (unpaired) electrons. The number of aliphatic imine (C=N–C) groups is 2. The molecule has 100 valence electrons. The molecular weight excluding hydrogens is 242 g/mol. The standard InChI is InChI=1S/C9H15N5O4/c1-3(15)5(16)4-2-11-6-9(18,14-4)7(17)13-8(10)12-6/h3-5,14-16,18H,2H2,1H3,(H3,10,11,12,13,17)/t3-,4+,5-,9-/m0/s1.